The van der Waals surface area contributed by atoms with E-state index in [1.54, 1.807) is 48.5 Å². The third-order valence-corrected chi connectivity index (χ3v) is 6.95. The van der Waals surface area contributed by atoms with Crippen LogP contribution >= 0.6 is 47.6 Å². The van der Waals surface area contributed by atoms with E-state index >= 15 is 0 Å². The molecule has 0 heterocycles. The highest BCUT2D eigenvalue weighted by molar-refractivity contribution is 7.80. The summed E-state index contributed by atoms with van der Waals surface area (Å²) in [5.41, 5.74) is 11.8. The van der Waals surface area contributed by atoms with Gasteiger partial charge in [0.1, 0.15) is 0 Å². The maximum atomic E-state index is 12.7. The zero-order chi connectivity index (χ0) is 25.6. The zero-order valence-electron chi connectivity index (χ0n) is 19.1. The lowest BCUT2D eigenvalue weighted by Gasteiger charge is -2.51. The van der Waals surface area contributed by atoms with Crippen molar-refractivity contribution in [2.24, 2.45) is 17.3 Å². The number of hydrazine groups is 2. The van der Waals surface area contributed by atoms with Gasteiger partial charge in [0.2, 0.25) is 11.8 Å². The van der Waals surface area contributed by atoms with Crippen molar-refractivity contribution in [3.8, 4) is 0 Å². The van der Waals surface area contributed by atoms with Gasteiger partial charge in [-0.1, -0.05) is 37.0 Å². The summed E-state index contributed by atoms with van der Waals surface area (Å²) in [5, 5.41) is 7.65. The SMILES string of the molecule is CC1(C)C(CC(=O)NNC(=S)Nc2ccc(Cl)cc2)CC1C(=O)NNC(=S)Nc1ccc(Cl)cc1. The monoisotopic (exact) mass is 552 g/mol. The molecule has 0 aromatic heterocycles. The van der Waals surface area contributed by atoms with Crippen LogP contribution in [0.15, 0.2) is 48.5 Å². The molecule has 0 bridgehead atoms. The first-order valence-corrected chi connectivity index (χ1v) is 12.4. The van der Waals surface area contributed by atoms with Gasteiger partial charge in [-0.25, -0.2) is 0 Å². The van der Waals surface area contributed by atoms with Crippen LogP contribution in [0.4, 0.5) is 11.4 Å². The molecular formula is C23H26Cl2N6O2S2. The number of hydrogen-bond acceptors (Lipinski definition) is 4. The Morgan fingerprint density at radius 2 is 1.29 bits per heavy atom. The molecule has 2 aromatic rings. The molecule has 1 fully saturated rings. The molecule has 1 aliphatic carbocycles. The Labute approximate surface area is 224 Å². The van der Waals surface area contributed by atoms with Crippen LogP contribution in [0.1, 0.15) is 26.7 Å². The highest BCUT2D eigenvalue weighted by atomic mass is 35.5. The highest BCUT2D eigenvalue weighted by Crippen LogP contribution is 2.52. The molecule has 3 rings (SSSR count). The number of halogens is 2. The van der Waals surface area contributed by atoms with Crippen LogP contribution in [0.3, 0.4) is 0 Å². The summed E-state index contributed by atoms with van der Waals surface area (Å²) in [7, 11) is 0. The molecule has 6 N–H and O–H groups in total. The summed E-state index contributed by atoms with van der Waals surface area (Å²) in [6.45, 7) is 3.95. The summed E-state index contributed by atoms with van der Waals surface area (Å²) < 4.78 is 0. The number of thiocarbonyl (C=S) groups is 2. The van der Waals surface area contributed by atoms with Crippen LogP contribution in [0.5, 0.6) is 0 Å². The van der Waals surface area contributed by atoms with E-state index in [0.29, 0.717) is 16.5 Å². The maximum Gasteiger partial charge on any atom is 0.242 e. The van der Waals surface area contributed by atoms with Crippen LogP contribution in [-0.4, -0.2) is 22.0 Å². The fourth-order valence-corrected chi connectivity index (χ4v) is 4.39. The Bertz CT molecular complexity index is 1100. The minimum absolute atomic E-state index is 0.0389. The summed E-state index contributed by atoms with van der Waals surface area (Å²) >= 11 is 22.1. The molecule has 35 heavy (non-hydrogen) atoms. The van der Waals surface area contributed by atoms with Gasteiger partial charge < -0.3 is 10.6 Å². The van der Waals surface area contributed by atoms with Crippen LogP contribution < -0.4 is 32.3 Å². The van der Waals surface area contributed by atoms with E-state index in [0.717, 1.165) is 11.4 Å². The second-order valence-electron chi connectivity index (χ2n) is 8.72. The molecular weight excluding hydrogens is 527 g/mol. The van der Waals surface area contributed by atoms with E-state index in [4.69, 9.17) is 47.6 Å². The fraction of sp³-hybridized carbons (Fsp3) is 0.304. The minimum Gasteiger partial charge on any atom is -0.331 e. The lowest BCUT2D eigenvalue weighted by atomic mass is 9.53. The average Bonchev–Trinajstić information content (AvgIpc) is 2.81. The number of amides is 2. The Hall–Kier alpha value is -2.66. The van der Waals surface area contributed by atoms with E-state index in [-0.39, 0.29) is 45.7 Å². The van der Waals surface area contributed by atoms with Gasteiger partial charge in [0.25, 0.3) is 0 Å². The first-order valence-electron chi connectivity index (χ1n) is 10.8. The van der Waals surface area contributed by atoms with Gasteiger partial charge in [-0.2, -0.15) is 0 Å². The Morgan fingerprint density at radius 3 is 1.74 bits per heavy atom. The highest BCUT2D eigenvalue weighted by Gasteiger charge is 2.52. The Morgan fingerprint density at radius 1 is 0.829 bits per heavy atom. The van der Waals surface area contributed by atoms with Gasteiger partial charge in [-0.15, -0.1) is 0 Å². The van der Waals surface area contributed by atoms with Crippen LogP contribution in [0.25, 0.3) is 0 Å². The van der Waals surface area contributed by atoms with Crippen LogP contribution in [-0.2, 0) is 9.59 Å². The normalized spacial score (nSPS) is 17.8. The fourth-order valence-electron chi connectivity index (χ4n) is 3.81. The lowest BCUT2D eigenvalue weighted by molar-refractivity contribution is -0.145. The van der Waals surface area contributed by atoms with Crippen molar-refractivity contribution < 1.29 is 9.59 Å². The molecule has 1 saturated carbocycles. The molecule has 2 atom stereocenters. The zero-order valence-corrected chi connectivity index (χ0v) is 22.2. The van der Waals surface area contributed by atoms with Gasteiger partial charge >= 0.3 is 0 Å². The predicted molar refractivity (Wildman–Crippen MR) is 148 cm³/mol. The molecule has 12 heteroatoms. The number of carbonyl (C=O) groups is 2. The molecule has 186 valence electrons. The third kappa shape index (κ3) is 7.66. The van der Waals surface area contributed by atoms with E-state index in [1.807, 2.05) is 13.8 Å². The molecule has 0 aliphatic heterocycles. The second-order valence-corrected chi connectivity index (χ2v) is 10.4. The van der Waals surface area contributed by atoms with Crippen molar-refractivity contribution in [1.29, 1.82) is 0 Å². The van der Waals surface area contributed by atoms with E-state index in [2.05, 4.69) is 32.3 Å². The van der Waals surface area contributed by atoms with Crippen molar-refractivity contribution in [3.05, 3.63) is 58.6 Å². The topological polar surface area (TPSA) is 106 Å². The summed E-state index contributed by atoms with van der Waals surface area (Å²) in [6.07, 6.45) is 0.843. The maximum absolute atomic E-state index is 12.7. The van der Waals surface area contributed by atoms with Gasteiger partial charge in [0.15, 0.2) is 10.2 Å². The number of rotatable bonds is 5. The van der Waals surface area contributed by atoms with Crippen molar-refractivity contribution in [2.45, 2.75) is 26.7 Å². The summed E-state index contributed by atoms with van der Waals surface area (Å²) in [6, 6.07) is 14.0. The standard InChI is InChI=1S/C23H26Cl2N6O2S2/c1-23(2)13(12-19(32)28-30-21(34)26-16-7-3-14(24)4-8-16)11-18(23)20(33)29-31-22(35)27-17-9-5-15(25)6-10-17/h3-10,13,18H,11-12H2,1-2H3,(H,28,32)(H,29,33)(H2,26,30,34)(H2,27,31,35). The Kier molecular flexibility index (Phi) is 9.12. The van der Waals surface area contributed by atoms with E-state index < -0.39 is 0 Å². The molecule has 2 amide bonds. The van der Waals surface area contributed by atoms with Crippen molar-refractivity contribution >= 4 is 81.1 Å². The third-order valence-electron chi connectivity index (χ3n) is 6.04. The number of hydrogen-bond donors (Lipinski definition) is 6. The summed E-state index contributed by atoms with van der Waals surface area (Å²) in [4.78, 5) is 25.1. The molecule has 0 spiro atoms. The van der Waals surface area contributed by atoms with Gasteiger partial charge in [0, 0.05) is 33.8 Å². The molecule has 0 saturated heterocycles. The molecule has 2 unspecified atom stereocenters. The average molecular weight is 554 g/mol. The number of nitrogens with one attached hydrogen (secondary N) is 6. The summed E-state index contributed by atoms with van der Waals surface area (Å²) in [5.74, 6) is -0.615. The lowest BCUT2D eigenvalue weighted by Crippen LogP contribution is -2.57. The Balaban J connectivity index is 1.37. The molecule has 1 aliphatic rings. The second kappa shape index (κ2) is 11.9. The first kappa shape index (κ1) is 26.9. The molecule has 2 aromatic carbocycles. The van der Waals surface area contributed by atoms with Gasteiger partial charge in [0.05, 0.1) is 0 Å². The van der Waals surface area contributed by atoms with Gasteiger partial charge in [-0.3, -0.25) is 31.3 Å². The smallest absolute Gasteiger partial charge is 0.242 e. The number of carbonyl (C=O) groups excluding carboxylic acids is 2. The largest absolute Gasteiger partial charge is 0.331 e. The van der Waals surface area contributed by atoms with Crippen molar-refractivity contribution in [3.63, 3.8) is 0 Å². The number of anilines is 2. The van der Waals surface area contributed by atoms with Gasteiger partial charge in [-0.05, 0) is 90.7 Å². The predicted octanol–water partition coefficient (Wildman–Crippen LogP) is 4.38. The van der Waals surface area contributed by atoms with E-state index in [1.165, 1.54) is 0 Å². The van der Waals surface area contributed by atoms with Crippen molar-refractivity contribution in [2.75, 3.05) is 10.6 Å². The van der Waals surface area contributed by atoms with E-state index in [9.17, 15) is 9.59 Å². The molecule has 8 nitrogen and oxygen atoms in total. The quantitative estimate of drug-likeness (QED) is 0.240. The minimum atomic E-state index is -0.365. The molecule has 0 radical (unpaired) electrons. The van der Waals surface area contributed by atoms with Crippen LogP contribution in [0.2, 0.25) is 10.0 Å². The first-order chi connectivity index (χ1) is 16.5. The van der Waals surface area contributed by atoms with Crippen LogP contribution in [0, 0.1) is 17.3 Å². The van der Waals surface area contributed by atoms with Crippen molar-refractivity contribution in [1.82, 2.24) is 21.7 Å². The number of benzene rings is 2.